The van der Waals surface area contributed by atoms with Gasteiger partial charge in [-0.1, -0.05) is 32.4 Å². The molecule has 17 heavy (non-hydrogen) atoms. The fraction of sp³-hybridized carbons (Fsp3) is 0.455. The molecule has 0 aliphatic carbocycles. The lowest BCUT2D eigenvalue weighted by Gasteiger charge is -2.22. The molecular formula is C11H14ClFN2O2. The van der Waals surface area contributed by atoms with E-state index in [1.165, 1.54) is 6.92 Å². The summed E-state index contributed by atoms with van der Waals surface area (Å²) >= 11 is 5.68. The average Bonchev–Trinajstić information content (AvgIpc) is 2.16. The van der Waals surface area contributed by atoms with Crippen LogP contribution < -0.4 is 10.5 Å². The van der Waals surface area contributed by atoms with Crippen LogP contribution >= 0.6 is 11.6 Å². The molecule has 0 atom stereocenters. The number of hydrogen-bond acceptors (Lipinski definition) is 3. The average molecular weight is 261 g/mol. The van der Waals surface area contributed by atoms with Crippen molar-refractivity contribution < 1.29 is 13.9 Å². The minimum absolute atomic E-state index is 0.0342. The molecule has 0 fully saturated rings. The quantitative estimate of drug-likeness (QED) is 0.790. The third kappa shape index (κ3) is 2.85. The van der Waals surface area contributed by atoms with Crippen LogP contribution in [0.25, 0.3) is 0 Å². The third-order valence-electron chi connectivity index (χ3n) is 2.19. The maximum Gasteiger partial charge on any atom is 0.410 e. The first-order valence-corrected chi connectivity index (χ1v) is 5.35. The smallest absolute Gasteiger partial charge is 0.408 e. The zero-order chi connectivity index (χ0) is 13.4. The summed E-state index contributed by atoms with van der Waals surface area (Å²) in [5, 5.41) is -0.246. The number of halogens is 2. The van der Waals surface area contributed by atoms with E-state index >= 15 is 0 Å². The number of rotatable bonds is 1. The van der Waals surface area contributed by atoms with Crippen molar-refractivity contribution in [3.05, 3.63) is 22.2 Å². The van der Waals surface area contributed by atoms with Gasteiger partial charge in [-0.3, -0.25) is 0 Å². The second-order valence-corrected chi connectivity index (χ2v) is 5.05. The van der Waals surface area contributed by atoms with E-state index in [0.717, 1.165) is 0 Å². The molecule has 0 unspecified atom stereocenters. The van der Waals surface area contributed by atoms with Crippen molar-refractivity contribution in [1.82, 2.24) is 4.98 Å². The van der Waals surface area contributed by atoms with Gasteiger partial charge in [0.25, 0.3) is 0 Å². The second kappa shape index (κ2) is 4.49. The molecule has 94 valence electrons. The molecule has 4 nitrogen and oxygen atoms in total. The molecule has 1 heterocycles. The van der Waals surface area contributed by atoms with E-state index in [1.807, 2.05) is 20.8 Å². The van der Waals surface area contributed by atoms with E-state index in [1.54, 1.807) is 0 Å². The molecule has 0 saturated carbocycles. The van der Waals surface area contributed by atoms with Gasteiger partial charge in [-0.25, -0.2) is 14.2 Å². The van der Waals surface area contributed by atoms with Crippen molar-refractivity contribution >= 4 is 17.7 Å². The van der Waals surface area contributed by atoms with E-state index < -0.39 is 17.3 Å². The lowest BCUT2D eigenvalue weighted by Crippen LogP contribution is -2.23. The van der Waals surface area contributed by atoms with Crippen LogP contribution in [0.5, 0.6) is 5.75 Å². The Hall–Kier alpha value is -1.36. The number of amides is 1. The van der Waals surface area contributed by atoms with Gasteiger partial charge in [0.15, 0.2) is 16.7 Å². The highest BCUT2D eigenvalue weighted by molar-refractivity contribution is 6.29. The highest BCUT2D eigenvalue weighted by atomic mass is 35.5. The third-order valence-corrected chi connectivity index (χ3v) is 2.44. The molecule has 0 spiro atoms. The summed E-state index contributed by atoms with van der Waals surface area (Å²) in [6.45, 7) is 6.99. The first kappa shape index (κ1) is 13.7. The summed E-state index contributed by atoms with van der Waals surface area (Å²) in [7, 11) is 0. The summed E-state index contributed by atoms with van der Waals surface area (Å²) < 4.78 is 18.4. The van der Waals surface area contributed by atoms with Gasteiger partial charge >= 0.3 is 6.09 Å². The van der Waals surface area contributed by atoms with E-state index in [9.17, 15) is 9.18 Å². The summed E-state index contributed by atoms with van der Waals surface area (Å²) in [5.74, 6) is -0.678. The summed E-state index contributed by atoms with van der Waals surface area (Å²) in [6, 6.07) is 0. The van der Waals surface area contributed by atoms with Gasteiger partial charge in [0, 0.05) is 11.0 Å². The first-order chi connectivity index (χ1) is 7.64. The first-order valence-electron chi connectivity index (χ1n) is 4.98. The summed E-state index contributed by atoms with van der Waals surface area (Å²) in [4.78, 5) is 14.7. The van der Waals surface area contributed by atoms with Crippen LogP contribution in [0.15, 0.2) is 0 Å². The largest absolute Gasteiger partial charge is 0.410 e. The molecule has 0 aliphatic rings. The van der Waals surface area contributed by atoms with Gasteiger partial charge in [-0.15, -0.1) is 0 Å². The zero-order valence-corrected chi connectivity index (χ0v) is 10.9. The van der Waals surface area contributed by atoms with Crippen LogP contribution in [-0.4, -0.2) is 11.1 Å². The summed E-state index contributed by atoms with van der Waals surface area (Å²) in [6.07, 6.45) is -1.01. The number of nitrogens with zero attached hydrogens (tertiary/aromatic N) is 1. The Kier molecular flexibility index (Phi) is 3.62. The molecule has 1 amide bonds. The Morgan fingerprint density at radius 1 is 1.47 bits per heavy atom. The standard InChI is InChI=1S/C11H14ClFN2O2/c1-5-6(13)9(12)15-8(11(2,3)4)7(5)17-10(14)16/h1-4H3,(H2,14,16). The molecule has 1 rings (SSSR count). The lowest BCUT2D eigenvalue weighted by atomic mass is 9.90. The Morgan fingerprint density at radius 3 is 2.41 bits per heavy atom. The molecule has 0 bridgehead atoms. The van der Waals surface area contributed by atoms with Crippen LogP contribution in [0.3, 0.4) is 0 Å². The van der Waals surface area contributed by atoms with Gasteiger partial charge in [0.1, 0.15) is 0 Å². The monoisotopic (exact) mass is 260 g/mol. The maximum absolute atomic E-state index is 13.6. The number of primary amides is 1. The molecule has 1 aromatic heterocycles. The number of nitrogens with two attached hydrogens (primary N) is 1. The van der Waals surface area contributed by atoms with Crippen LogP contribution in [0, 0.1) is 12.7 Å². The topological polar surface area (TPSA) is 65.2 Å². The van der Waals surface area contributed by atoms with E-state index in [-0.39, 0.29) is 16.5 Å². The van der Waals surface area contributed by atoms with Crippen molar-refractivity contribution in [1.29, 1.82) is 0 Å². The van der Waals surface area contributed by atoms with Gasteiger partial charge in [-0.2, -0.15) is 0 Å². The molecule has 2 N–H and O–H groups in total. The number of pyridine rings is 1. The van der Waals surface area contributed by atoms with Crippen molar-refractivity contribution in [2.75, 3.05) is 0 Å². The predicted octanol–water partition coefficient (Wildman–Crippen LogP) is 2.94. The maximum atomic E-state index is 13.6. The van der Waals surface area contributed by atoms with Crippen molar-refractivity contribution in [2.24, 2.45) is 5.73 Å². The van der Waals surface area contributed by atoms with Crippen LogP contribution in [-0.2, 0) is 5.41 Å². The van der Waals surface area contributed by atoms with Crippen LogP contribution in [0.4, 0.5) is 9.18 Å². The highest BCUT2D eigenvalue weighted by Gasteiger charge is 2.27. The number of ether oxygens (including phenoxy) is 1. The van der Waals surface area contributed by atoms with Crippen molar-refractivity contribution in [2.45, 2.75) is 33.1 Å². The molecule has 0 radical (unpaired) electrons. The van der Waals surface area contributed by atoms with Crippen LogP contribution in [0.1, 0.15) is 32.0 Å². The number of carbonyl (C=O) groups excluding carboxylic acids is 1. The van der Waals surface area contributed by atoms with Crippen molar-refractivity contribution in [3.63, 3.8) is 0 Å². The fourth-order valence-electron chi connectivity index (χ4n) is 1.36. The Labute approximate surface area is 104 Å². The number of hydrogen-bond donors (Lipinski definition) is 1. The fourth-order valence-corrected chi connectivity index (χ4v) is 1.59. The lowest BCUT2D eigenvalue weighted by molar-refractivity contribution is 0.209. The van der Waals surface area contributed by atoms with Gasteiger partial charge in [-0.05, 0) is 6.92 Å². The number of aromatic nitrogens is 1. The van der Waals surface area contributed by atoms with Crippen LogP contribution in [0.2, 0.25) is 5.15 Å². The predicted molar refractivity (Wildman–Crippen MR) is 62.9 cm³/mol. The number of carbonyl (C=O) groups is 1. The molecule has 0 saturated heterocycles. The molecular weight excluding hydrogens is 247 g/mol. The van der Waals surface area contributed by atoms with Gasteiger partial charge in [0.05, 0.1) is 5.69 Å². The Balaban J connectivity index is 3.52. The Bertz CT molecular complexity index is 470. The molecule has 6 heteroatoms. The summed E-state index contributed by atoms with van der Waals surface area (Å²) in [5.41, 5.74) is 5.01. The van der Waals surface area contributed by atoms with E-state index in [4.69, 9.17) is 22.1 Å². The Morgan fingerprint density at radius 2 is 2.00 bits per heavy atom. The van der Waals surface area contributed by atoms with E-state index in [0.29, 0.717) is 5.69 Å². The van der Waals surface area contributed by atoms with Gasteiger partial charge < -0.3 is 10.5 Å². The highest BCUT2D eigenvalue weighted by Crippen LogP contribution is 2.35. The zero-order valence-electron chi connectivity index (χ0n) is 10.1. The molecule has 1 aromatic rings. The van der Waals surface area contributed by atoms with Gasteiger partial charge in [0.2, 0.25) is 0 Å². The normalized spacial score (nSPS) is 11.4. The molecule has 0 aliphatic heterocycles. The van der Waals surface area contributed by atoms with E-state index in [2.05, 4.69) is 4.98 Å². The second-order valence-electron chi connectivity index (χ2n) is 4.69. The van der Waals surface area contributed by atoms with Crippen molar-refractivity contribution in [3.8, 4) is 5.75 Å². The minimum atomic E-state index is -1.01. The molecule has 0 aromatic carbocycles. The minimum Gasteiger partial charge on any atom is -0.408 e. The SMILES string of the molecule is Cc1c(F)c(Cl)nc(C(C)(C)C)c1OC(N)=O.